The quantitative estimate of drug-likeness (QED) is 0.304. The minimum absolute atomic E-state index is 0.343. The van der Waals surface area contributed by atoms with Crippen LogP contribution in [-0.4, -0.2) is 28.0 Å². The van der Waals surface area contributed by atoms with Crippen LogP contribution < -0.4 is 16.4 Å². The van der Waals surface area contributed by atoms with Gasteiger partial charge >= 0.3 is 0 Å². The highest BCUT2D eigenvalue weighted by Crippen LogP contribution is 2.25. The van der Waals surface area contributed by atoms with Crippen LogP contribution in [0.15, 0.2) is 79.0 Å². The first-order valence-electron chi connectivity index (χ1n) is 11.8. The number of carbonyl (C=O) groups is 2. The lowest BCUT2D eigenvalue weighted by molar-refractivity contribution is -0.125. The molecule has 0 spiro atoms. The van der Waals surface area contributed by atoms with Crippen LogP contribution in [0.25, 0.3) is 10.8 Å². The molecule has 0 aliphatic heterocycles. The Labute approximate surface area is 210 Å². The van der Waals surface area contributed by atoms with Crippen molar-refractivity contribution in [2.45, 2.75) is 38.8 Å². The zero-order chi connectivity index (χ0) is 25.8. The fourth-order valence-electron chi connectivity index (χ4n) is 4.10. The van der Waals surface area contributed by atoms with Crippen molar-refractivity contribution in [3.63, 3.8) is 0 Å². The maximum atomic E-state index is 13.1. The summed E-state index contributed by atoms with van der Waals surface area (Å²) in [6, 6.07) is 20.7. The van der Waals surface area contributed by atoms with Gasteiger partial charge in [-0.25, -0.2) is 4.98 Å². The van der Waals surface area contributed by atoms with Crippen molar-refractivity contribution in [2.75, 3.05) is 11.1 Å². The molecule has 0 saturated heterocycles. The molecule has 0 aliphatic carbocycles. The first-order chi connectivity index (χ1) is 17.2. The normalized spacial score (nSPS) is 12.8. The fourth-order valence-corrected chi connectivity index (χ4v) is 4.10. The number of hydrogen-bond acceptors (Lipinski definition) is 5. The average Bonchev–Trinajstić information content (AvgIpc) is 2.87. The Morgan fingerprint density at radius 1 is 0.944 bits per heavy atom. The molecule has 0 bridgehead atoms. The number of aliphatic hydroxyl groups excluding tert-OH is 1. The highest BCUT2D eigenvalue weighted by Gasteiger charge is 2.30. The van der Waals surface area contributed by atoms with E-state index < -0.39 is 18.1 Å². The Kier molecular flexibility index (Phi) is 7.31. The maximum absolute atomic E-state index is 13.1. The Hall–Kier alpha value is -4.23. The van der Waals surface area contributed by atoms with Gasteiger partial charge in [-0.05, 0) is 65.8 Å². The molecular weight excluding hydrogens is 452 g/mol. The number of nitrogens with two attached hydrogens (primary N) is 1. The molecule has 7 nitrogen and oxygen atoms in total. The van der Waals surface area contributed by atoms with Crippen LogP contribution in [0.4, 0.5) is 11.5 Å². The molecule has 1 aromatic heterocycles. The minimum atomic E-state index is -1.54. The molecule has 0 radical (unpaired) electrons. The fraction of sp³-hybridized carbons (Fsp3) is 0.207. The number of rotatable bonds is 7. The lowest BCUT2D eigenvalue weighted by Crippen LogP contribution is -2.42. The summed E-state index contributed by atoms with van der Waals surface area (Å²) in [4.78, 5) is 30.3. The summed E-state index contributed by atoms with van der Waals surface area (Å²) in [7, 11) is 0. The molecule has 5 N–H and O–H groups in total. The van der Waals surface area contributed by atoms with Gasteiger partial charge in [0.15, 0.2) is 6.10 Å². The summed E-state index contributed by atoms with van der Waals surface area (Å²) in [6.45, 7) is 6.08. The largest absolute Gasteiger partial charge is 0.383 e. The molecule has 4 rings (SSSR count). The molecule has 0 fully saturated rings. The van der Waals surface area contributed by atoms with E-state index in [9.17, 15) is 14.7 Å². The second-order valence-corrected chi connectivity index (χ2v) is 9.21. The van der Waals surface area contributed by atoms with Crippen molar-refractivity contribution < 1.29 is 14.7 Å². The molecule has 1 heterocycles. The molecule has 4 aromatic rings. The minimum Gasteiger partial charge on any atom is -0.383 e. The van der Waals surface area contributed by atoms with E-state index in [4.69, 9.17) is 5.73 Å². The van der Waals surface area contributed by atoms with Gasteiger partial charge < -0.3 is 21.5 Å². The van der Waals surface area contributed by atoms with E-state index in [0.717, 1.165) is 21.9 Å². The number of fused-ring (bicyclic) bond motifs is 1. The van der Waals surface area contributed by atoms with Gasteiger partial charge in [0, 0.05) is 22.8 Å². The Morgan fingerprint density at radius 2 is 1.69 bits per heavy atom. The predicted molar refractivity (Wildman–Crippen MR) is 143 cm³/mol. The van der Waals surface area contributed by atoms with E-state index in [-0.39, 0.29) is 5.91 Å². The van der Waals surface area contributed by atoms with Crippen molar-refractivity contribution in [3.05, 3.63) is 101 Å². The van der Waals surface area contributed by atoms with Crippen molar-refractivity contribution >= 4 is 34.1 Å². The van der Waals surface area contributed by atoms with E-state index in [0.29, 0.717) is 28.6 Å². The standard InChI is InChI=1S/C29H30N4O3/c1-17(2)19-7-9-20(10-8-19)28(35)33-25(22-6-4-5-18(3)15-22)26(34)29(36)32-23-11-12-24-21(16-23)13-14-31-27(24)30/h4-17,25-26,34H,1-3H3,(H2,30,31)(H,32,36)(H,33,35). The molecule has 2 unspecified atom stereocenters. The van der Waals surface area contributed by atoms with E-state index in [1.165, 1.54) is 0 Å². The summed E-state index contributed by atoms with van der Waals surface area (Å²) in [5, 5.41) is 18.3. The number of anilines is 2. The first kappa shape index (κ1) is 24.9. The third-order valence-corrected chi connectivity index (χ3v) is 6.17. The van der Waals surface area contributed by atoms with Crippen LogP contribution in [0.2, 0.25) is 0 Å². The average molecular weight is 483 g/mol. The highest BCUT2D eigenvalue weighted by atomic mass is 16.3. The number of aryl methyl sites for hydroxylation is 1. The summed E-state index contributed by atoms with van der Waals surface area (Å²) in [5.74, 6) is -0.278. The van der Waals surface area contributed by atoms with Gasteiger partial charge in [0.25, 0.3) is 11.8 Å². The Bertz CT molecular complexity index is 1400. The van der Waals surface area contributed by atoms with Crippen LogP contribution in [0.3, 0.4) is 0 Å². The van der Waals surface area contributed by atoms with Crippen molar-refractivity contribution in [1.29, 1.82) is 0 Å². The molecule has 2 amide bonds. The van der Waals surface area contributed by atoms with E-state index in [1.54, 1.807) is 48.7 Å². The van der Waals surface area contributed by atoms with Gasteiger partial charge in [-0.1, -0.05) is 55.8 Å². The SMILES string of the molecule is Cc1cccc(C(NC(=O)c2ccc(C(C)C)cc2)C(O)C(=O)Nc2ccc3c(N)nccc3c2)c1. The number of nitrogens with zero attached hydrogens (tertiary/aromatic N) is 1. The van der Waals surface area contributed by atoms with Crippen molar-refractivity contribution in [2.24, 2.45) is 0 Å². The lowest BCUT2D eigenvalue weighted by Gasteiger charge is -2.24. The van der Waals surface area contributed by atoms with Gasteiger partial charge in [0.2, 0.25) is 0 Å². The molecule has 0 aliphatic rings. The van der Waals surface area contributed by atoms with Gasteiger partial charge in [0.05, 0.1) is 6.04 Å². The number of nitrogen functional groups attached to an aromatic ring is 1. The zero-order valence-electron chi connectivity index (χ0n) is 20.5. The molecule has 7 heteroatoms. The highest BCUT2D eigenvalue weighted by molar-refractivity contribution is 6.00. The molecule has 2 atom stereocenters. The third-order valence-electron chi connectivity index (χ3n) is 6.17. The number of aliphatic hydroxyl groups is 1. The molecule has 36 heavy (non-hydrogen) atoms. The van der Waals surface area contributed by atoms with Crippen LogP contribution in [0, 0.1) is 6.92 Å². The summed E-state index contributed by atoms with van der Waals surface area (Å²) in [6.07, 6.45) is 0.0543. The Balaban J connectivity index is 1.58. The molecule has 3 aromatic carbocycles. The Morgan fingerprint density at radius 3 is 2.39 bits per heavy atom. The molecule has 184 valence electrons. The predicted octanol–water partition coefficient (Wildman–Crippen LogP) is 4.72. The number of hydrogen-bond donors (Lipinski definition) is 4. The number of carbonyl (C=O) groups excluding carboxylic acids is 2. The van der Waals surface area contributed by atoms with Crippen LogP contribution >= 0.6 is 0 Å². The van der Waals surface area contributed by atoms with Crippen LogP contribution in [0.1, 0.15) is 52.9 Å². The van der Waals surface area contributed by atoms with E-state index in [1.807, 2.05) is 37.3 Å². The van der Waals surface area contributed by atoms with Crippen molar-refractivity contribution in [1.82, 2.24) is 10.3 Å². The topological polar surface area (TPSA) is 117 Å². The van der Waals surface area contributed by atoms with Gasteiger partial charge in [-0.3, -0.25) is 9.59 Å². The van der Waals surface area contributed by atoms with E-state index >= 15 is 0 Å². The summed E-state index contributed by atoms with van der Waals surface area (Å²) >= 11 is 0. The maximum Gasteiger partial charge on any atom is 0.255 e. The van der Waals surface area contributed by atoms with Crippen LogP contribution in [0.5, 0.6) is 0 Å². The number of pyridine rings is 1. The van der Waals surface area contributed by atoms with Gasteiger partial charge in [-0.2, -0.15) is 0 Å². The van der Waals surface area contributed by atoms with Gasteiger partial charge in [-0.15, -0.1) is 0 Å². The molecular formula is C29H30N4O3. The van der Waals surface area contributed by atoms with Crippen molar-refractivity contribution in [3.8, 4) is 0 Å². The second kappa shape index (κ2) is 10.6. The van der Waals surface area contributed by atoms with Gasteiger partial charge in [0.1, 0.15) is 5.82 Å². The van der Waals surface area contributed by atoms with Crippen LogP contribution in [-0.2, 0) is 4.79 Å². The summed E-state index contributed by atoms with van der Waals surface area (Å²) < 4.78 is 0. The number of benzene rings is 3. The van der Waals surface area contributed by atoms with E-state index in [2.05, 4.69) is 29.5 Å². The smallest absolute Gasteiger partial charge is 0.255 e. The molecule has 0 saturated carbocycles. The summed E-state index contributed by atoms with van der Waals surface area (Å²) in [5.41, 5.74) is 9.55. The first-order valence-corrected chi connectivity index (χ1v) is 11.8. The lowest BCUT2D eigenvalue weighted by atomic mass is 9.97. The number of amides is 2. The monoisotopic (exact) mass is 482 g/mol. The zero-order valence-corrected chi connectivity index (χ0v) is 20.5. The second-order valence-electron chi connectivity index (χ2n) is 9.21. The number of nitrogens with one attached hydrogen (secondary N) is 2. The third kappa shape index (κ3) is 5.53. The number of aromatic nitrogens is 1.